The van der Waals surface area contributed by atoms with Crippen LogP contribution in [0.3, 0.4) is 0 Å². The molecule has 1 heterocycles. The highest BCUT2D eigenvalue weighted by molar-refractivity contribution is 5.77. The topological polar surface area (TPSA) is 54.0 Å². The molecule has 40 heavy (non-hydrogen) atoms. The quantitative estimate of drug-likeness (QED) is 0.381. The van der Waals surface area contributed by atoms with E-state index in [4.69, 9.17) is 4.74 Å². The van der Waals surface area contributed by atoms with Crippen molar-refractivity contribution in [2.24, 2.45) is 0 Å². The summed E-state index contributed by atoms with van der Waals surface area (Å²) in [5.74, 6) is -0.712. The fourth-order valence-corrected chi connectivity index (χ4v) is 4.96. The van der Waals surface area contributed by atoms with Gasteiger partial charge in [0.2, 0.25) is 5.91 Å². The lowest BCUT2D eigenvalue weighted by Crippen LogP contribution is -2.50. The second kappa shape index (κ2) is 12.5. The Morgan fingerprint density at radius 1 is 0.900 bits per heavy atom. The van der Waals surface area contributed by atoms with Crippen molar-refractivity contribution in [2.75, 3.05) is 43.0 Å². The molecule has 1 N–H and O–H groups in total. The Bertz CT molecular complexity index is 1130. The number of alkyl halides is 7. The van der Waals surface area contributed by atoms with Crippen LogP contribution in [0.1, 0.15) is 36.8 Å². The van der Waals surface area contributed by atoms with Crippen molar-refractivity contribution in [1.29, 1.82) is 0 Å². The average molecular weight is 578 g/mol. The third-order valence-electron chi connectivity index (χ3n) is 7.11. The molecular weight excluding hydrogens is 547 g/mol. The molecule has 0 aromatic heterocycles. The highest BCUT2D eigenvalue weighted by atomic mass is 19.4. The van der Waals surface area contributed by atoms with Crippen molar-refractivity contribution in [3.8, 4) is 5.75 Å². The molecule has 6 nitrogen and oxygen atoms in total. The lowest BCUT2D eigenvalue weighted by Gasteiger charge is -2.36. The Morgan fingerprint density at radius 2 is 1.55 bits per heavy atom. The van der Waals surface area contributed by atoms with Gasteiger partial charge in [-0.1, -0.05) is 0 Å². The van der Waals surface area contributed by atoms with Crippen LogP contribution in [-0.4, -0.2) is 62.1 Å². The summed E-state index contributed by atoms with van der Waals surface area (Å²) in [7, 11) is 0. The number of hydrogen-bond acceptors (Lipinski definition) is 5. The van der Waals surface area contributed by atoms with Gasteiger partial charge in [-0.2, -0.15) is 13.2 Å². The van der Waals surface area contributed by atoms with Gasteiger partial charge < -0.3 is 24.6 Å². The summed E-state index contributed by atoms with van der Waals surface area (Å²) < 4.78 is 98.7. The molecule has 1 aliphatic heterocycles. The van der Waals surface area contributed by atoms with Crippen LogP contribution < -0.4 is 15.0 Å². The Labute approximate surface area is 227 Å². The van der Waals surface area contributed by atoms with Gasteiger partial charge in [0.1, 0.15) is 19.0 Å². The predicted molar refractivity (Wildman–Crippen MR) is 134 cm³/mol. The van der Waals surface area contributed by atoms with E-state index < -0.39 is 30.5 Å². The minimum atomic E-state index is -4.90. The molecule has 0 bridgehead atoms. The van der Waals surface area contributed by atoms with Crippen LogP contribution in [0.15, 0.2) is 42.5 Å². The van der Waals surface area contributed by atoms with Crippen molar-refractivity contribution >= 4 is 17.3 Å². The van der Waals surface area contributed by atoms with Crippen LogP contribution in [0.2, 0.25) is 0 Å². The maximum Gasteiger partial charge on any atom is 0.573 e. The van der Waals surface area contributed by atoms with Crippen molar-refractivity contribution in [1.82, 2.24) is 4.90 Å². The third kappa shape index (κ3) is 8.15. The number of anilines is 2. The molecular formula is C27H30F7N3O3. The summed E-state index contributed by atoms with van der Waals surface area (Å²) in [6.45, 7) is 0.715. The second-order valence-electron chi connectivity index (χ2n) is 9.85. The van der Waals surface area contributed by atoms with Crippen LogP contribution in [0.25, 0.3) is 0 Å². The van der Waals surface area contributed by atoms with E-state index in [0.717, 1.165) is 18.2 Å². The zero-order valence-corrected chi connectivity index (χ0v) is 21.5. The number of nitrogens with zero attached hydrogens (tertiary/aromatic N) is 2. The van der Waals surface area contributed by atoms with Gasteiger partial charge in [0.25, 0.3) is 0 Å². The van der Waals surface area contributed by atoms with Gasteiger partial charge >= 0.3 is 12.5 Å². The SMILES string of the molecule is O=C(COC1CCC(Nc2ccc(OC(F)(F)F)c(CF)c2)CC1)N1CCN(c2ccc(C(F)(F)F)cc2)CC1. The van der Waals surface area contributed by atoms with E-state index in [1.807, 2.05) is 4.90 Å². The standard InChI is InChI=1S/C27H30F7N3O3/c28-16-18-15-21(5-10-24(18)40-27(32,33)34)35-20-3-8-23(9-4-20)39-17-25(38)37-13-11-36(12-14-37)22-6-1-19(2-7-22)26(29,30)31/h1-2,5-7,10,15,20,23,35H,3-4,8-9,11-14,16-17H2. The number of nitrogens with one attached hydrogen (secondary N) is 1. The van der Waals surface area contributed by atoms with Gasteiger partial charge in [-0.15, -0.1) is 13.2 Å². The van der Waals surface area contributed by atoms with Gasteiger partial charge in [-0.25, -0.2) is 4.39 Å². The molecule has 1 aliphatic carbocycles. The Balaban J connectivity index is 1.17. The number of ether oxygens (including phenoxy) is 2. The van der Waals surface area contributed by atoms with Crippen molar-refractivity contribution < 1.29 is 45.0 Å². The van der Waals surface area contributed by atoms with E-state index in [9.17, 15) is 35.5 Å². The fourth-order valence-electron chi connectivity index (χ4n) is 4.96. The van der Waals surface area contributed by atoms with E-state index in [1.54, 1.807) is 4.90 Å². The Morgan fingerprint density at radius 3 is 2.12 bits per heavy atom. The molecule has 2 aromatic rings. The molecule has 220 valence electrons. The molecule has 2 aliphatic rings. The van der Waals surface area contributed by atoms with Crippen molar-refractivity contribution in [3.05, 3.63) is 53.6 Å². The van der Waals surface area contributed by atoms with Crippen LogP contribution in [-0.2, 0) is 22.4 Å². The largest absolute Gasteiger partial charge is 0.573 e. The van der Waals surface area contributed by atoms with Crippen LogP contribution in [0.5, 0.6) is 5.75 Å². The highest BCUT2D eigenvalue weighted by Crippen LogP contribution is 2.32. The highest BCUT2D eigenvalue weighted by Gasteiger charge is 2.33. The molecule has 0 atom stereocenters. The van der Waals surface area contributed by atoms with Gasteiger partial charge in [0.15, 0.2) is 0 Å². The molecule has 13 heteroatoms. The second-order valence-corrected chi connectivity index (χ2v) is 9.85. The normalized spacial score (nSPS) is 20.4. The summed E-state index contributed by atoms with van der Waals surface area (Å²) in [6, 6.07) is 8.81. The Kier molecular flexibility index (Phi) is 9.32. The predicted octanol–water partition coefficient (Wildman–Crippen LogP) is 6.16. The lowest BCUT2D eigenvalue weighted by atomic mass is 9.92. The summed E-state index contributed by atoms with van der Waals surface area (Å²) in [5, 5.41) is 3.22. The molecule has 4 rings (SSSR count). The molecule has 0 unspecified atom stereocenters. The Hall–Kier alpha value is -3.22. The smallest absolute Gasteiger partial charge is 0.405 e. The maximum atomic E-state index is 13.2. The zero-order chi connectivity index (χ0) is 28.9. The molecule has 2 fully saturated rings. The van der Waals surface area contributed by atoms with Crippen LogP contribution >= 0.6 is 0 Å². The van der Waals surface area contributed by atoms with E-state index in [0.29, 0.717) is 63.2 Å². The van der Waals surface area contributed by atoms with E-state index in [-0.39, 0.29) is 30.2 Å². The zero-order valence-electron chi connectivity index (χ0n) is 21.5. The van der Waals surface area contributed by atoms with Crippen LogP contribution in [0.4, 0.5) is 42.1 Å². The fraction of sp³-hybridized carbons (Fsp3) is 0.519. The average Bonchev–Trinajstić information content (AvgIpc) is 2.92. The van der Waals surface area contributed by atoms with Gasteiger partial charge in [-0.05, 0) is 68.1 Å². The molecule has 2 aromatic carbocycles. The minimum absolute atomic E-state index is 0.0238. The summed E-state index contributed by atoms with van der Waals surface area (Å²) in [4.78, 5) is 16.3. The number of halogens is 7. The first-order valence-electron chi connectivity index (χ1n) is 12.9. The van der Waals surface area contributed by atoms with Crippen LogP contribution in [0, 0.1) is 0 Å². The summed E-state index contributed by atoms with van der Waals surface area (Å²) in [5.41, 5.74) is 0.273. The molecule has 0 radical (unpaired) electrons. The minimum Gasteiger partial charge on any atom is -0.405 e. The number of carbonyl (C=O) groups is 1. The summed E-state index contributed by atoms with van der Waals surface area (Å²) >= 11 is 0. The summed E-state index contributed by atoms with van der Waals surface area (Å²) in [6.07, 6.45) is -6.63. The first kappa shape index (κ1) is 29.8. The molecule has 1 saturated heterocycles. The number of benzene rings is 2. The molecule has 1 saturated carbocycles. The van der Waals surface area contributed by atoms with E-state index in [2.05, 4.69) is 10.1 Å². The van der Waals surface area contributed by atoms with E-state index in [1.165, 1.54) is 24.3 Å². The van der Waals surface area contributed by atoms with E-state index >= 15 is 0 Å². The monoisotopic (exact) mass is 577 g/mol. The number of hydrogen-bond donors (Lipinski definition) is 1. The van der Waals surface area contributed by atoms with Gasteiger partial charge in [-0.3, -0.25) is 4.79 Å². The number of rotatable bonds is 8. The number of amides is 1. The lowest BCUT2D eigenvalue weighted by molar-refractivity contribution is -0.275. The van der Waals surface area contributed by atoms with Gasteiger partial charge in [0, 0.05) is 49.2 Å². The molecule has 0 spiro atoms. The maximum absolute atomic E-state index is 13.2. The van der Waals surface area contributed by atoms with Crippen molar-refractivity contribution in [2.45, 2.75) is 57.0 Å². The van der Waals surface area contributed by atoms with Crippen molar-refractivity contribution in [3.63, 3.8) is 0 Å². The first-order valence-corrected chi connectivity index (χ1v) is 12.9. The third-order valence-corrected chi connectivity index (χ3v) is 7.11. The van der Waals surface area contributed by atoms with Gasteiger partial charge in [0.05, 0.1) is 11.7 Å². The first-order chi connectivity index (χ1) is 18.9. The molecule has 1 amide bonds. The number of piperazine rings is 1. The number of carbonyl (C=O) groups excluding carboxylic acids is 1.